The van der Waals surface area contributed by atoms with Crippen LogP contribution >= 0.6 is 23.1 Å². The van der Waals surface area contributed by atoms with E-state index in [0.29, 0.717) is 23.6 Å². The number of carbonyl (C=O) groups excluding carboxylic acids is 6. The van der Waals surface area contributed by atoms with Gasteiger partial charge in [0.1, 0.15) is 28.8 Å². The Hall–Kier alpha value is -3.98. The second-order valence-corrected chi connectivity index (χ2v) is 14.0. The number of amides is 6. The molecule has 262 valence electrons. The van der Waals surface area contributed by atoms with Gasteiger partial charge in [-0.1, -0.05) is 51.1 Å². The van der Waals surface area contributed by atoms with Crippen LogP contribution in [0, 0.1) is 5.92 Å². The summed E-state index contributed by atoms with van der Waals surface area (Å²) in [5, 5.41) is 16.1. The number of rotatable bonds is 7. The Kier molecular flexibility index (Phi) is 14.9. The average molecular weight is 702 g/mol. The van der Waals surface area contributed by atoms with E-state index in [0.717, 1.165) is 5.56 Å². The van der Waals surface area contributed by atoms with E-state index in [1.165, 1.54) is 41.8 Å². The molecule has 6 amide bonds. The zero-order valence-electron chi connectivity index (χ0n) is 28.3. The first-order valence-electron chi connectivity index (χ1n) is 16.1. The monoisotopic (exact) mass is 701 g/mol. The highest BCUT2D eigenvalue weighted by molar-refractivity contribution is 7.98. The van der Waals surface area contributed by atoms with Crippen LogP contribution in [-0.2, 0) is 30.4 Å². The van der Waals surface area contributed by atoms with Crippen LogP contribution in [0.1, 0.15) is 74.6 Å². The fraction of sp³-hybridized carbons (Fsp3) is 0.545. The number of fused-ring (bicyclic) bond motifs is 2. The van der Waals surface area contributed by atoms with Crippen molar-refractivity contribution in [1.29, 1.82) is 0 Å². The minimum Gasteiger partial charge on any atom is -0.349 e. The molecule has 0 spiro atoms. The zero-order valence-corrected chi connectivity index (χ0v) is 30.0. The number of nitrogens with one attached hydrogen (secondary N) is 5. The van der Waals surface area contributed by atoms with Crippen molar-refractivity contribution in [2.45, 2.75) is 84.1 Å². The maximum absolute atomic E-state index is 13.8. The largest absolute Gasteiger partial charge is 0.349 e. The predicted octanol–water partition coefficient (Wildman–Crippen LogP) is 1.80. The number of hydrogen-bond acceptors (Lipinski definition) is 9. The van der Waals surface area contributed by atoms with Crippen molar-refractivity contribution in [3.05, 3.63) is 52.0 Å². The lowest BCUT2D eigenvalue weighted by Gasteiger charge is -2.30. The molecule has 5 N–H and O–H groups in total. The van der Waals surface area contributed by atoms with E-state index in [4.69, 9.17) is 0 Å². The molecule has 0 saturated carbocycles. The Morgan fingerprint density at radius 2 is 1.65 bits per heavy atom. The summed E-state index contributed by atoms with van der Waals surface area (Å²) in [6.07, 6.45) is 2.82. The third-order valence-electron chi connectivity index (χ3n) is 7.92. The van der Waals surface area contributed by atoms with Crippen molar-refractivity contribution in [3.8, 4) is 0 Å². The van der Waals surface area contributed by atoms with Crippen LogP contribution in [0.15, 0.2) is 35.7 Å². The molecule has 0 unspecified atom stereocenters. The van der Waals surface area contributed by atoms with E-state index in [1.54, 1.807) is 12.3 Å². The van der Waals surface area contributed by atoms with Gasteiger partial charge in [-0.05, 0) is 49.7 Å². The van der Waals surface area contributed by atoms with Crippen molar-refractivity contribution in [3.63, 3.8) is 0 Å². The third kappa shape index (κ3) is 11.3. The summed E-state index contributed by atoms with van der Waals surface area (Å²) >= 11 is 2.71. The smallest absolute Gasteiger partial charge is 0.271 e. The minimum absolute atomic E-state index is 0.0338. The number of nitrogens with zero attached hydrogens (tertiary/aromatic N) is 2. The van der Waals surface area contributed by atoms with Gasteiger partial charge in [0.05, 0.1) is 18.6 Å². The van der Waals surface area contributed by atoms with Crippen LogP contribution in [0.5, 0.6) is 0 Å². The average Bonchev–Trinajstić information content (AvgIpc) is 3.53. The Balaban J connectivity index is 2.01. The van der Waals surface area contributed by atoms with Crippen molar-refractivity contribution < 1.29 is 28.8 Å². The first-order valence-corrected chi connectivity index (χ1v) is 18.3. The molecule has 1 aromatic heterocycles. The van der Waals surface area contributed by atoms with Gasteiger partial charge in [-0.25, -0.2) is 4.98 Å². The molecule has 15 heteroatoms. The highest BCUT2D eigenvalue weighted by atomic mass is 32.2. The topological polar surface area (TPSA) is 179 Å². The summed E-state index contributed by atoms with van der Waals surface area (Å²) in [5.74, 6) is -2.46. The predicted molar refractivity (Wildman–Crippen MR) is 186 cm³/mol. The zero-order chi connectivity index (χ0) is 35.4. The van der Waals surface area contributed by atoms with E-state index in [9.17, 15) is 28.8 Å². The molecular weight excluding hydrogens is 655 g/mol. The van der Waals surface area contributed by atoms with E-state index in [2.05, 4.69) is 31.6 Å². The van der Waals surface area contributed by atoms with Gasteiger partial charge in [-0.3, -0.25) is 28.8 Å². The molecule has 1 aliphatic heterocycles. The first-order chi connectivity index (χ1) is 22.8. The number of hydrogen-bond donors (Lipinski definition) is 5. The van der Waals surface area contributed by atoms with Gasteiger partial charge < -0.3 is 31.5 Å². The molecule has 1 aromatic carbocycles. The third-order valence-corrected chi connectivity index (χ3v) is 9.49. The lowest BCUT2D eigenvalue weighted by molar-refractivity contribution is -0.135. The molecule has 2 bridgehead atoms. The molecule has 3 rings (SSSR count). The van der Waals surface area contributed by atoms with Gasteiger partial charge in [0.2, 0.25) is 29.5 Å². The number of thiazole rings is 1. The molecule has 48 heavy (non-hydrogen) atoms. The molecule has 13 nitrogen and oxygen atoms in total. The van der Waals surface area contributed by atoms with Crippen LogP contribution in [0.2, 0.25) is 0 Å². The molecule has 0 fully saturated rings. The maximum atomic E-state index is 13.8. The molecule has 1 aliphatic rings. The lowest BCUT2D eigenvalue weighted by atomic mass is 10.0. The van der Waals surface area contributed by atoms with E-state index >= 15 is 0 Å². The van der Waals surface area contributed by atoms with Crippen LogP contribution in [0.3, 0.4) is 0 Å². The summed E-state index contributed by atoms with van der Waals surface area (Å²) in [5.41, 5.74) is 0.997. The minimum atomic E-state index is -0.994. The summed E-state index contributed by atoms with van der Waals surface area (Å²) in [6.45, 7) is 8.17. The standard InChI is InChI=1S/C33H47N7O6S2/c1-7-24-30(44)37-25(13-14-47-6)31(45)35-23(15-22-11-9-8-10-12-22)16-40(21(5)41)17-27(42)39-28(19(2)3)33-38-26(18-48-33)32(46)34-20(4)29(43)36-24/h8-12,18-20,23-25,28H,7,13-17H2,1-6H3,(H,34,46)(H,35,45)(H,36,43)(H,37,44)(H,39,42)/t20-,23+,24+,25+,28+/m1/s1. The summed E-state index contributed by atoms with van der Waals surface area (Å²) in [6, 6.07) is 5.43. The second-order valence-electron chi connectivity index (χ2n) is 12.2. The quantitative estimate of drug-likeness (QED) is 0.290. The normalized spacial score (nSPS) is 23.7. The summed E-state index contributed by atoms with van der Waals surface area (Å²) < 4.78 is 0. The van der Waals surface area contributed by atoms with Gasteiger partial charge in [-0.15, -0.1) is 11.3 Å². The maximum Gasteiger partial charge on any atom is 0.271 e. The SMILES string of the molecule is CC[C@@H]1NC(=O)[C@@H](C)NC(=O)c2csc(n2)[C@H](C(C)C)NC(=O)CN(C(C)=O)C[C@H](Cc2ccccc2)NC(=O)[C@H](CCSC)NC1=O. The number of benzene rings is 1. The van der Waals surface area contributed by atoms with Gasteiger partial charge in [0.15, 0.2) is 0 Å². The molecule has 0 radical (unpaired) electrons. The lowest BCUT2D eigenvalue weighted by Crippen LogP contribution is -2.58. The van der Waals surface area contributed by atoms with Gasteiger partial charge in [0.25, 0.3) is 5.91 Å². The number of carbonyl (C=O) groups is 6. The Labute approximate surface area is 290 Å². The summed E-state index contributed by atoms with van der Waals surface area (Å²) in [4.78, 5) is 85.4. The summed E-state index contributed by atoms with van der Waals surface area (Å²) in [7, 11) is 0. The molecule has 2 heterocycles. The van der Waals surface area contributed by atoms with Crippen molar-refractivity contribution in [1.82, 2.24) is 36.5 Å². The van der Waals surface area contributed by atoms with E-state index in [-0.39, 0.29) is 37.0 Å². The first kappa shape index (κ1) is 38.5. The van der Waals surface area contributed by atoms with Gasteiger partial charge >= 0.3 is 0 Å². The van der Waals surface area contributed by atoms with Crippen LogP contribution < -0.4 is 26.6 Å². The Bertz CT molecular complexity index is 1440. The van der Waals surface area contributed by atoms with E-state index in [1.807, 2.05) is 50.4 Å². The molecule has 0 aliphatic carbocycles. The van der Waals surface area contributed by atoms with Crippen LogP contribution in [-0.4, -0.2) is 94.6 Å². The molecule has 5 atom stereocenters. The second kappa shape index (κ2) is 18.5. The molecule has 2 aromatic rings. The Morgan fingerprint density at radius 3 is 2.27 bits per heavy atom. The fourth-order valence-electron chi connectivity index (χ4n) is 5.14. The van der Waals surface area contributed by atoms with Crippen LogP contribution in [0.25, 0.3) is 0 Å². The Morgan fingerprint density at radius 1 is 0.979 bits per heavy atom. The highest BCUT2D eigenvalue weighted by Crippen LogP contribution is 2.25. The van der Waals surface area contributed by atoms with Crippen molar-refractivity contribution in [2.75, 3.05) is 25.1 Å². The van der Waals surface area contributed by atoms with Crippen molar-refractivity contribution >= 4 is 58.5 Å². The van der Waals surface area contributed by atoms with E-state index < -0.39 is 59.7 Å². The van der Waals surface area contributed by atoms with Gasteiger partial charge in [0, 0.05) is 18.8 Å². The molecular formula is C33H47N7O6S2. The molecule has 0 saturated heterocycles. The number of thioether (sulfide) groups is 1. The van der Waals surface area contributed by atoms with Gasteiger partial charge in [-0.2, -0.15) is 11.8 Å². The van der Waals surface area contributed by atoms with Crippen molar-refractivity contribution in [2.24, 2.45) is 5.92 Å². The number of aromatic nitrogens is 1. The van der Waals surface area contributed by atoms with Crippen LogP contribution in [0.4, 0.5) is 0 Å². The highest BCUT2D eigenvalue weighted by Gasteiger charge is 2.31. The fourth-order valence-corrected chi connectivity index (χ4v) is 6.63.